The van der Waals surface area contributed by atoms with Crippen LogP contribution in [0.15, 0.2) is 27.5 Å². The Morgan fingerprint density at radius 2 is 1.83 bits per heavy atom. The summed E-state index contributed by atoms with van der Waals surface area (Å²) >= 11 is 3.46. The van der Waals surface area contributed by atoms with Gasteiger partial charge in [0.05, 0.1) is 10.9 Å². The van der Waals surface area contributed by atoms with Crippen molar-refractivity contribution in [3.8, 4) is 0 Å². The lowest BCUT2D eigenvalue weighted by atomic mass is 9.96. The molecule has 1 heterocycles. The third kappa shape index (κ3) is 7.11. The summed E-state index contributed by atoms with van der Waals surface area (Å²) in [6, 6.07) is 5.59. The minimum Gasteiger partial charge on any atom is -0.444 e. The smallest absolute Gasteiger partial charge is 0.410 e. The number of halogens is 1. The summed E-state index contributed by atoms with van der Waals surface area (Å²) in [6.45, 7) is 13.1. The van der Waals surface area contributed by atoms with E-state index in [0.717, 1.165) is 23.1 Å². The van der Waals surface area contributed by atoms with Crippen LogP contribution >= 0.6 is 15.9 Å². The number of fused-ring (bicyclic) bond motifs is 1. The Kier molecular flexibility index (Phi) is 7.72. The number of aromatic nitrogens is 2. The third-order valence-electron chi connectivity index (χ3n) is 4.48. The highest BCUT2D eigenvalue weighted by Crippen LogP contribution is 2.20. The number of ether oxygens (including phenoxy) is 1. The molecule has 0 fully saturated rings. The Morgan fingerprint density at radius 1 is 1.17 bits per heavy atom. The van der Waals surface area contributed by atoms with Crippen molar-refractivity contribution < 1.29 is 9.53 Å². The van der Waals surface area contributed by atoms with Crippen LogP contribution in [0, 0.1) is 5.41 Å². The third-order valence-corrected chi connectivity index (χ3v) is 4.97. The number of hydrogen-bond donors (Lipinski definition) is 0. The maximum atomic E-state index is 13.1. The van der Waals surface area contributed by atoms with Crippen molar-refractivity contribution in [2.45, 2.75) is 73.0 Å². The Labute approximate surface area is 187 Å². The van der Waals surface area contributed by atoms with Crippen LogP contribution < -0.4 is 5.56 Å². The fourth-order valence-electron chi connectivity index (χ4n) is 3.13. The van der Waals surface area contributed by atoms with Crippen molar-refractivity contribution in [1.82, 2.24) is 14.5 Å². The molecule has 6 nitrogen and oxygen atoms in total. The maximum Gasteiger partial charge on any atom is 0.410 e. The van der Waals surface area contributed by atoms with Crippen LogP contribution in [0.1, 0.15) is 60.2 Å². The lowest BCUT2D eigenvalue weighted by Gasteiger charge is -2.25. The van der Waals surface area contributed by atoms with E-state index in [4.69, 9.17) is 9.72 Å². The molecule has 0 saturated carbocycles. The monoisotopic (exact) mass is 479 g/mol. The van der Waals surface area contributed by atoms with Crippen molar-refractivity contribution in [2.75, 3.05) is 13.6 Å². The van der Waals surface area contributed by atoms with E-state index in [9.17, 15) is 9.59 Å². The van der Waals surface area contributed by atoms with E-state index in [1.807, 2.05) is 43.5 Å². The molecular weight excluding hydrogens is 446 g/mol. The summed E-state index contributed by atoms with van der Waals surface area (Å²) in [5, 5.41) is 0.635. The highest BCUT2D eigenvalue weighted by molar-refractivity contribution is 9.10. The zero-order valence-electron chi connectivity index (χ0n) is 19.2. The van der Waals surface area contributed by atoms with Gasteiger partial charge in [-0.05, 0) is 57.2 Å². The molecule has 0 unspecified atom stereocenters. The van der Waals surface area contributed by atoms with E-state index in [2.05, 4.69) is 36.7 Å². The molecule has 0 aliphatic heterocycles. The molecule has 0 aliphatic carbocycles. The van der Waals surface area contributed by atoms with E-state index in [0.29, 0.717) is 30.4 Å². The van der Waals surface area contributed by atoms with Gasteiger partial charge in [0, 0.05) is 31.0 Å². The SMILES string of the molecule is CN(CCCCc1nc2cc(Br)ccc2c(=O)n1CC(C)(C)C)C(=O)OC(C)(C)C. The standard InChI is InChI=1S/C23H34BrN3O3/c1-22(2,3)15-27-19(25-18-14-16(24)11-12-17(18)20(27)28)10-8-9-13-26(7)21(29)30-23(4,5)6/h11-12,14H,8-10,13,15H2,1-7H3. The Bertz CT molecular complexity index is 955. The summed E-state index contributed by atoms with van der Waals surface area (Å²) < 4.78 is 8.11. The molecule has 0 saturated heterocycles. The maximum absolute atomic E-state index is 13.1. The van der Waals surface area contributed by atoms with Crippen LogP contribution in [0.25, 0.3) is 10.9 Å². The number of carbonyl (C=O) groups excluding carboxylic acids is 1. The first-order valence-corrected chi connectivity index (χ1v) is 11.2. The molecule has 1 amide bonds. The molecule has 0 spiro atoms. The topological polar surface area (TPSA) is 64.4 Å². The molecular formula is C23H34BrN3O3. The number of nitrogens with zero attached hydrogens (tertiary/aromatic N) is 3. The van der Waals surface area contributed by atoms with Gasteiger partial charge in [0.1, 0.15) is 11.4 Å². The summed E-state index contributed by atoms with van der Waals surface area (Å²) in [7, 11) is 1.75. The molecule has 1 aromatic heterocycles. The van der Waals surface area contributed by atoms with Crippen molar-refractivity contribution in [1.29, 1.82) is 0 Å². The quantitative estimate of drug-likeness (QED) is 0.520. The van der Waals surface area contributed by atoms with Crippen molar-refractivity contribution in [3.05, 3.63) is 38.9 Å². The van der Waals surface area contributed by atoms with E-state index in [1.54, 1.807) is 11.9 Å². The minimum absolute atomic E-state index is 0.00305. The fourth-order valence-corrected chi connectivity index (χ4v) is 3.48. The molecule has 7 heteroatoms. The van der Waals surface area contributed by atoms with Crippen molar-refractivity contribution in [3.63, 3.8) is 0 Å². The van der Waals surface area contributed by atoms with Crippen LogP contribution in [-0.2, 0) is 17.7 Å². The molecule has 0 atom stereocenters. The Balaban J connectivity index is 2.15. The van der Waals surface area contributed by atoms with Gasteiger partial charge in [-0.25, -0.2) is 9.78 Å². The molecule has 2 aromatic rings. The molecule has 30 heavy (non-hydrogen) atoms. The second kappa shape index (κ2) is 9.50. The van der Waals surface area contributed by atoms with Gasteiger partial charge >= 0.3 is 6.09 Å². The Morgan fingerprint density at radius 3 is 2.43 bits per heavy atom. The molecule has 166 valence electrons. The first-order valence-electron chi connectivity index (χ1n) is 10.4. The lowest BCUT2D eigenvalue weighted by molar-refractivity contribution is 0.0296. The van der Waals surface area contributed by atoms with E-state index in [-0.39, 0.29) is 17.1 Å². The first-order chi connectivity index (χ1) is 13.8. The van der Waals surface area contributed by atoms with E-state index < -0.39 is 5.60 Å². The van der Waals surface area contributed by atoms with E-state index in [1.165, 1.54) is 0 Å². The summed E-state index contributed by atoms with van der Waals surface area (Å²) in [5.41, 5.74) is 0.168. The average Bonchev–Trinajstić information content (AvgIpc) is 2.58. The van der Waals surface area contributed by atoms with Crippen LogP contribution in [-0.4, -0.2) is 39.7 Å². The van der Waals surface area contributed by atoms with Gasteiger partial charge in [0.15, 0.2) is 0 Å². The van der Waals surface area contributed by atoms with Crippen LogP contribution in [0.2, 0.25) is 0 Å². The fraction of sp³-hybridized carbons (Fsp3) is 0.609. The highest BCUT2D eigenvalue weighted by atomic mass is 79.9. The molecule has 0 N–H and O–H groups in total. The molecule has 2 rings (SSSR count). The number of amides is 1. The normalized spacial score (nSPS) is 12.3. The Hall–Kier alpha value is -1.89. The number of rotatable bonds is 6. The van der Waals surface area contributed by atoms with Crippen molar-refractivity contribution in [2.24, 2.45) is 5.41 Å². The van der Waals surface area contributed by atoms with Gasteiger partial charge in [0.2, 0.25) is 0 Å². The second-order valence-corrected chi connectivity index (χ2v) is 10.9. The zero-order chi connectivity index (χ0) is 22.7. The number of aryl methyl sites for hydroxylation is 1. The first kappa shape index (κ1) is 24.4. The predicted molar refractivity (Wildman–Crippen MR) is 125 cm³/mol. The van der Waals surface area contributed by atoms with Gasteiger partial charge in [-0.15, -0.1) is 0 Å². The zero-order valence-corrected chi connectivity index (χ0v) is 20.8. The summed E-state index contributed by atoms with van der Waals surface area (Å²) in [4.78, 5) is 31.6. The number of hydrogen-bond acceptors (Lipinski definition) is 4. The molecule has 1 aromatic carbocycles. The van der Waals surface area contributed by atoms with Crippen LogP contribution in [0.3, 0.4) is 0 Å². The van der Waals surface area contributed by atoms with Crippen LogP contribution in [0.5, 0.6) is 0 Å². The van der Waals surface area contributed by atoms with Gasteiger partial charge in [-0.2, -0.15) is 0 Å². The average molecular weight is 480 g/mol. The van der Waals surface area contributed by atoms with Crippen molar-refractivity contribution >= 4 is 32.9 Å². The van der Waals surface area contributed by atoms with Gasteiger partial charge in [-0.1, -0.05) is 36.7 Å². The van der Waals surface area contributed by atoms with Crippen LogP contribution in [0.4, 0.5) is 4.79 Å². The predicted octanol–water partition coefficient (Wildman–Crippen LogP) is 5.39. The molecule has 0 radical (unpaired) electrons. The van der Waals surface area contributed by atoms with Gasteiger partial charge < -0.3 is 9.64 Å². The second-order valence-electron chi connectivity index (χ2n) is 10.0. The van der Waals surface area contributed by atoms with Gasteiger partial charge in [-0.3, -0.25) is 9.36 Å². The van der Waals surface area contributed by atoms with E-state index >= 15 is 0 Å². The highest BCUT2D eigenvalue weighted by Gasteiger charge is 2.20. The number of benzene rings is 1. The number of carbonyl (C=O) groups is 1. The number of unbranched alkanes of at least 4 members (excludes halogenated alkanes) is 1. The summed E-state index contributed by atoms with van der Waals surface area (Å²) in [6.07, 6.45) is 1.98. The molecule has 0 aliphatic rings. The molecule has 0 bridgehead atoms. The largest absolute Gasteiger partial charge is 0.444 e. The minimum atomic E-state index is -0.502. The van der Waals surface area contributed by atoms with Gasteiger partial charge in [0.25, 0.3) is 5.56 Å². The summed E-state index contributed by atoms with van der Waals surface area (Å²) in [5.74, 6) is 0.792. The lowest BCUT2D eigenvalue weighted by Crippen LogP contribution is -2.34.